The van der Waals surface area contributed by atoms with Crippen LogP contribution in [0, 0.1) is 10.1 Å². The number of non-ortho nitro benzene ring substituents is 1. The van der Waals surface area contributed by atoms with Crippen molar-refractivity contribution in [2.24, 2.45) is 0 Å². The first-order valence-corrected chi connectivity index (χ1v) is 6.29. The Bertz CT molecular complexity index is 359. The highest BCUT2D eigenvalue weighted by atomic mass is 16.6. The van der Waals surface area contributed by atoms with Gasteiger partial charge in [0.1, 0.15) is 0 Å². The molecule has 100 valence electrons. The maximum absolute atomic E-state index is 10.5. The molecule has 5 nitrogen and oxygen atoms in total. The molecule has 18 heavy (non-hydrogen) atoms. The van der Waals surface area contributed by atoms with Gasteiger partial charge in [0.05, 0.1) is 18.1 Å². The number of nitrogens with zero attached hydrogens (tertiary/aromatic N) is 2. The van der Waals surface area contributed by atoms with E-state index in [1.807, 2.05) is 26.0 Å². The molecule has 0 N–H and O–H groups in total. The maximum Gasteiger partial charge on any atom is 0.269 e. The van der Waals surface area contributed by atoms with Crippen LogP contribution in [0.1, 0.15) is 19.4 Å². The predicted octanol–water partition coefficient (Wildman–Crippen LogP) is 2.45. The van der Waals surface area contributed by atoms with Crippen LogP contribution in [0.15, 0.2) is 24.3 Å². The van der Waals surface area contributed by atoms with Crippen LogP contribution in [-0.2, 0) is 11.3 Å². The second kappa shape index (κ2) is 7.79. The van der Waals surface area contributed by atoms with E-state index >= 15 is 0 Å². The van der Waals surface area contributed by atoms with E-state index in [0.29, 0.717) is 0 Å². The summed E-state index contributed by atoms with van der Waals surface area (Å²) in [5, 5.41) is 10.5. The first kappa shape index (κ1) is 14.6. The van der Waals surface area contributed by atoms with Crippen molar-refractivity contribution in [3.8, 4) is 0 Å². The molecule has 0 amide bonds. The number of nitro groups is 1. The lowest BCUT2D eigenvalue weighted by Crippen LogP contribution is -2.35. The summed E-state index contributed by atoms with van der Waals surface area (Å²) in [5.41, 5.74) is 1.25. The fourth-order valence-electron chi connectivity index (χ4n) is 1.74. The van der Waals surface area contributed by atoms with E-state index in [1.165, 1.54) is 0 Å². The van der Waals surface area contributed by atoms with Crippen LogP contribution >= 0.6 is 0 Å². The number of benzene rings is 1. The normalized spacial score (nSPS) is 15.7. The van der Waals surface area contributed by atoms with Crippen LogP contribution in [0.3, 0.4) is 0 Å². The molecule has 1 aliphatic rings. The van der Waals surface area contributed by atoms with Gasteiger partial charge in [-0.15, -0.1) is 0 Å². The number of hydrogen-bond donors (Lipinski definition) is 0. The molecular weight excluding hydrogens is 232 g/mol. The highest BCUT2D eigenvalue weighted by Crippen LogP contribution is 2.13. The molecule has 5 heteroatoms. The van der Waals surface area contributed by atoms with Crippen molar-refractivity contribution in [2.45, 2.75) is 20.4 Å². The highest BCUT2D eigenvalue weighted by Gasteiger charge is 2.11. The van der Waals surface area contributed by atoms with Crippen LogP contribution in [0.2, 0.25) is 0 Å². The minimum atomic E-state index is -0.376. The Morgan fingerprint density at radius 1 is 1.22 bits per heavy atom. The number of rotatable bonds is 3. The summed E-state index contributed by atoms with van der Waals surface area (Å²) in [6, 6.07) is 6.73. The molecule has 1 fully saturated rings. The standard InChI is InChI=1S/C11H14N2O3.C2H6/c14-13(15)11-3-1-10(2-4-11)9-12-5-7-16-8-6-12;1-2/h1-4H,5-9H2;1-2H3. The van der Waals surface area contributed by atoms with Gasteiger partial charge >= 0.3 is 0 Å². The molecule has 1 heterocycles. The third kappa shape index (κ3) is 4.43. The first-order valence-electron chi connectivity index (χ1n) is 6.29. The summed E-state index contributed by atoms with van der Waals surface area (Å²) in [6.07, 6.45) is 0. The van der Waals surface area contributed by atoms with E-state index in [0.717, 1.165) is 38.4 Å². The molecule has 0 unspecified atom stereocenters. The smallest absolute Gasteiger partial charge is 0.269 e. The van der Waals surface area contributed by atoms with Gasteiger partial charge in [-0.25, -0.2) is 0 Å². The van der Waals surface area contributed by atoms with Crippen LogP contribution < -0.4 is 0 Å². The largest absolute Gasteiger partial charge is 0.379 e. The van der Waals surface area contributed by atoms with Crippen molar-refractivity contribution < 1.29 is 9.66 Å². The topological polar surface area (TPSA) is 55.6 Å². The lowest BCUT2D eigenvalue weighted by Gasteiger charge is -2.26. The third-order valence-corrected chi connectivity index (χ3v) is 2.66. The molecule has 0 aliphatic carbocycles. The summed E-state index contributed by atoms with van der Waals surface area (Å²) in [5.74, 6) is 0. The first-order chi connectivity index (χ1) is 8.75. The Kier molecular flexibility index (Phi) is 6.32. The Morgan fingerprint density at radius 3 is 2.28 bits per heavy atom. The third-order valence-electron chi connectivity index (χ3n) is 2.66. The lowest BCUT2D eigenvalue weighted by atomic mass is 10.2. The Morgan fingerprint density at radius 2 is 1.78 bits per heavy atom. The highest BCUT2D eigenvalue weighted by molar-refractivity contribution is 5.32. The van der Waals surface area contributed by atoms with E-state index in [-0.39, 0.29) is 10.6 Å². The van der Waals surface area contributed by atoms with Crippen molar-refractivity contribution in [1.29, 1.82) is 0 Å². The van der Waals surface area contributed by atoms with E-state index in [2.05, 4.69) is 4.90 Å². The second-order valence-electron chi connectivity index (χ2n) is 3.81. The zero-order chi connectivity index (χ0) is 13.4. The van der Waals surface area contributed by atoms with Crippen LogP contribution in [0.4, 0.5) is 5.69 Å². The number of hydrogen-bond acceptors (Lipinski definition) is 4. The van der Waals surface area contributed by atoms with Crippen molar-refractivity contribution in [2.75, 3.05) is 26.3 Å². The zero-order valence-corrected chi connectivity index (χ0v) is 11.0. The number of ether oxygens (including phenoxy) is 1. The average Bonchev–Trinajstić information content (AvgIpc) is 2.43. The van der Waals surface area contributed by atoms with Crippen molar-refractivity contribution in [3.63, 3.8) is 0 Å². The molecule has 1 aliphatic heterocycles. The van der Waals surface area contributed by atoms with Gasteiger partial charge in [0.15, 0.2) is 0 Å². The fourth-order valence-corrected chi connectivity index (χ4v) is 1.74. The molecule has 0 spiro atoms. The monoisotopic (exact) mass is 252 g/mol. The van der Waals surface area contributed by atoms with Gasteiger partial charge in [0, 0.05) is 31.8 Å². The molecule has 1 aromatic carbocycles. The van der Waals surface area contributed by atoms with Crippen molar-refractivity contribution in [1.82, 2.24) is 4.90 Å². The quantitative estimate of drug-likeness (QED) is 0.612. The molecule has 0 radical (unpaired) electrons. The predicted molar refractivity (Wildman–Crippen MR) is 70.5 cm³/mol. The van der Waals surface area contributed by atoms with Gasteiger partial charge in [-0.3, -0.25) is 15.0 Å². The van der Waals surface area contributed by atoms with Gasteiger partial charge in [-0.05, 0) is 5.56 Å². The van der Waals surface area contributed by atoms with E-state index in [9.17, 15) is 10.1 Å². The Labute approximate surface area is 108 Å². The Balaban J connectivity index is 0.000000771. The molecule has 0 bridgehead atoms. The summed E-state index contributed by atoms with van der Waals surface area (Å²) < 4.78 is 5.26. The number of morpholine rings is 1. The van der Waals surface area contributed by atoms with Gasteiger partial charge in [-0.2, -0.15) is 0 Å². The Hall–Kier alpha value is -1.46. The molecule has 1 saturated heterocycles. The summed E-state index contributed by atoms with van der Waals surface area (Å²) >= 11 is 0. The second-order valence-corrected chi connectivity index (χ2v) is 3.81. The molecular formula is C13H20N2O3. The SMILES string of the molecule is CC.O=[N+]([O-])c1ccc(CN2CCOCC2)cc1. The number of nitro benzene ring substituents is 1. The van der Waals surface area contributed by atoms with E-state index in [1.54, 1.807) is 12.1 Å². The zero-order valence-electron chi connectivity index (χ0n) is 11.0. The molecule has 0 saturated carbocycles. The molecule has 0 atom stereocenters. The van der Waals surface area contributed by atoms with Crippen molar-refractivity contribution >= 4 is 5.69 Å². The fraction of sp³-hybridized carbons (Fsp3) is 0.538. The van der Waals surface area contributed by atoms with Gasteiger partial charge in [0.2, 0.25) is 0 Å². The van der Waals surface area contributed by atoms with Crippen molar-refractivity contribution in [3.05, 3.63) is 39.9 Å². The van der Waals surface area contributed by atoms with Gasteiger partial charge in [0.25, 0.3) is 5.69 Å². The van der Waals surface area contributed by atoms with E-state index in [4.69, 9.17) is 4.74 Å². The van der Waals surface area contributed by atoms with E-state index < -0.39 is 0 Å². The van der Waals surface area contributed by atoms with Crippen LogP contribution in [0.5, 0.6) is 0 Å². The van der Waals surface area contributed by atoms with Gasteiger partial charge in [-0.1, -0.05) is 26.0 Å². The molecule has 0 aromatic heterocycles. The molecule has 2 rings (SSSR count). The summed E-state index contributed by atoms with van der Waals surface area (Å²) in [4.78, 5) is 12.4. The maximum atomic E-state index is 10.5. The minimum Gasteiger partial charge on any atom is -0.379 e. The summed E-state index contributed by atoms with van der Waals surface area (Å²) in [7, 11) is 0. The average molecular weight is 252 g/mol. The summed E-state index contributed by atoms with van der Waals surface area (Å²) in [6.45, 7) is 8.23. The van der Waals surface area contributed by atoms with Crippen LogP contribution in [0.25, 0.3) is 0 Å². The lowest BCUT2D eigenvalue weighted by molar-refractivity contribution is -0.384. The molecule has 1 aromatic rings. The van der Waals surface area contributed by atoms with Gasteiger partial charge < -0.3 is 4.74 Å². The van der Waals surface area contributed by atoms with Crippen LogP contribution in [-0.4, -0.2) is 36.1 Å². The minimum absolute atomic E-state index is 0.144.